The minimum absolute atomic E-state index is 0.295. The van der Waals surface area contributed by atoms with Crippen LogP contribution in [0.15, 0.2) is 48.7 Å². The van der Waals surface area contributed by atoms with E-state index in [0.29, 0.717) is 38.5 Å². The summed E-state index contributed by atoms with van der Waals surface area (Å²) in [6, 6.07) is 7.68. The highest BCUT2D eigenvalue weighted by Crippen LogP contribution is 2.30. The summed E-state index contributed by atoms with van der Waals surface area (Å²) in [7, 11) is 0. The molecule has 108 valence electrons. The van der Waals surface area contributed by atoms with Crippen LogP contribution in [0, 0.1) is 5.82 Å². The van der Waals surface area contributed by atoms with Gasteiger partial charge in [-0.05, 0) is 46.3 Å². The van der Waals surface area contributed by atoms with Crippen LogP contribution in [0.4, 0.5) is 10.1 Å². The first-order valence-electron chi connectivity index (χ1n) is 5.88. The van der Waals surface area contributed by atoms with Crippen molar-refractivity contribution in [2.45, 2.75) is 10.6 Å². The van der Waals surface area contributed by atoms with Gasteiger partial charge in [-0.2, -0.15) is 0 Å². The molecule has 0 atom stereocenters. The monoisotopic (exact) mass is 369 g/mol. The van der Waals surface area contributed by atoms with Gasteiger partial charge in [0.2, 0.25) is 5.89 Å². The predicted molar refractivity (Wildman–Crippen MR) is 80.1 cm³/mol. The molecule has 2 heterocycles. The van der Waals surface area contributed by atoms with E-state index in [0.717, 1.165) is 0 Å². The molecule has 5 nitrogen and oxygen atoms in total. The number of rotatable bonds is 4. The van der Waals surface area contributed by atoms with Gasteiger partial charge in [-0.25, -0.2) is 4.39 Å². The maximum absolute atomic E-state index is 13.2. The maximum Gasteiger partial charge on any atom is 0.283 e. The van der Waals surface area contributed by atoms with Crippen LogP contribution in [0.1, 0.15) is 5.89 Å². The number of thioether (sulfide) groups is 1. The molecule has 2 N–H and O–H groups in total. The molecule has 0 aliphatic rings. The van der Waals surface area contributed by atoms with Crippen molar-refractivity contribution in [2.75, 3.05) is 5.73 Å². The Bertz CT molecular complexity index is 774. The van der Waals surface area contributed by atoms with Gasteiger partial charge in [0.25, 0.3) is 5.89 Å². The molecule has 0 fully saturated rings. The Kier molecular flexibility index (Phi) is 3.98. The molecule has 0 amide bonds. The highest BCUT2D eigenvalue weighted by atomic mass is 79.9. The Morgan fingerprint density at radius 2 is 2.05 bits per heavy atom. The van der Waals surface area contributed by atoms with Crippen LogP contribution < -0.4 is 5.73 Å². The molecule has 3 aromatic rings. The summed E-state index contributed by atoms with van der Waals surface area (Å²) in [5.41, 5.74) is 6.29. The van der Waals surface area contributed by atoms with Crippen molar-refractivity contribution in [3.63, 3.8) is 0 Å². The molecular weight excluding hydrogens is 361 g/mol. The van der Waals surface area contributed by atoms with Crippen LogP contribution in [-0.2, 0) is 5.75 Å². The minimum Gasteiger partial charge on any atom is -0.444 e. The van der Waals surface area contributed by atoms with Gasteiger partial charge in [-0.3, -0.25) is 0 Å². The molecule has 0 saturated carbocycles. The molecule has 3 rings (SSSR count). The van der Waals surface area contributed by atoms with E-state index >= 15 is 0 Å². The molecule has 0 unspecified atom stereocenters. The molecule has 0 aliphatic heterocycles. The maximum atomic E-state index is 13.2. The van der Waals surface area contributed by atoms with Crippen molar-refractivity contribution < 1.29 is 13.2 Å². The van der Waals surface area contributed by atoms with Crippen LogP contribution in [0.3, 0.4) is 0 Å². The summed E-state index contributed by atoms with van der Waals surface area (Å²) in [6.45, 7) is 0. The molecular formula is C13H9BrFN3O2S. The van der Waals surface area contributed by atoms with Crippen molar-refractivity contribution in [1.29, 1.82) is 0 Å². The topological polar surface area (TPSA) is 78.1 Å². The summed E-state index contributed by atoms with van der Waals surface area (Å²) in [5.74, 6) is 1.24. The van der Waals surface area contributed by atoms with Gasteiger partial charge in [-0.1, -0.05) is 0 Å². The second-order valence-electron chi connectivity index (χ2n) is 4.08. The number of benzene rings is 1. The van der Waals surface area contributed by atoms with Gasteiger partial charge < -0.3 is 14.6 Å². The summed E-state index contributed by atoms with van der Waals surface area (Å²) >= 11 is 4.53. The number of halogens is 2. The summed E-state index contributed by atoms with van der Waals surface area (Å²) in [6.07, 6.45) is 0. The zero-order chi connectivity index (χ0) is 14.8. The zero-order valence-corrected chi connectivity index (χ0v) is 12.9. The van der Waals surface area contributed by atoms with Gasteiger partial charge in [-0.15, -0.1) is 22.0 Å². The van der Waals surface area contributed by atoms with Crippen LogP contribution in [0.2, 0.25) is 0 Å². The highest BCUT2D eigenvalue weighted by molar-refractivity contribution is 9.10. The Hall–Kier alpha value is -1.80. The number of hydrogen-bond acceptors (Lipinski definition) is 6. The number of hydrogen-bond donors (Lipinski definition) is 1. The van der Waals surface area contributed by atoms with E-state index in [1.165, 1.54) is 30.0 Å². The smallest absolute Gasteiger partial charge is 0.283 e. The van der Waals surface area contributed by atoms with Crippen LogP contribution >= 0.6 is 27.7 Å². The third-order valence-corrected chi connectivity index (χ3v) is 4.06. The van der Waals surface area contributed by atoms with E-state index in [2.05, 4.69) is 26.1 Å². The van der Waals surface area contributed by atoms with E-state index in [1.807, 2.05) is 0 Å². The predicted octanol–water partition coefficient (Wildman–Crippen LogP) is 4.11. The molecule has 0 aliphatic carbocycles. The summed E-state index contributed by atoms with van der Waals surface area (Å²) in [5, 5.41) is 7.82. The fourth-order valence-corrected chi connectivity index (χ4v) is 2.75. The van der Waals surface area contributed by atoms with E-state index in [1.54, 1.807) is 12.1 Å². The third kappa shape index (κ3) is 3.27. The van der Waals surface area contributed by atoms with Crippen molar-refractivity contribution >= 4 is 33.4 Å². The number of nitrogens with zero attached hydrogens (tertiary/aromatic N) is 2. The first kappa shape index (κ1) is 14.2. The van der Waals surface area contributed by atoms with E-state index in [9.17, 15) is 4.39 Å². The SMILES string of the molecule is Nc1ccc(F)cc1SCc1nnc(-c2ccc(Br)o2)o1. The Morgan fingerprint density at radius 3 is 2.81 bits per heavy atom. The second-order valence-corrected chi connectivity index (χ2v) is 5.87. The molecule has 0 spiro atoms. The number of aromatic nitrogens is 2. The lowest BCUT2D eigenvalue weighted by Gasteiger charge is -2.03. The van der Waals surface area contributed by atoms with E-state index in [4.69, 9.17) is 14.6 Å². The van der Waals surface area contributed by atoms with E-state index < -0.39 is 0 Å². The van der Waals surface area contributed by atoms with Crippen molar-refractivity contribution in [1.82, 2.24) is 10.2 Å². The van der Waals surface area contributed by atoms with Gasteiger partial charge in [0.1, 0.15) is 5.82 Å². The van der Waals surface area contributed by atoms with Gasteiger partial charge in [0, 0.05) is 10.6 Å². The standard InChI is InChI=1S/C13H9BrFN3O2S/c14-11-4-3-9(19-11)13-18-17-12(20-13)6-21-10-5-7(15)1-2-8(10)16/h1-5H,6,16H2. The minimum atomic E-state index is -0.335. The molecule has 21 heavy (non-hydrogen) atoms. The Labute approximate surface area is 131 Å². The lowest BCUT2D eigenvalue weighted by molar-refractivity contribution is 0.486. The average Bonchev–Trinajstić information content (AvgIpc) is 3.08. The number of nitrogen functional groups attached to an aromatic ring is 1. The van der Waals surface area contributed by atoms with Gasteiger partial charge >= 0.3 is 0 Å². The Morgan fingerprint density at radius 1 is 1.19 bits per heavy atom. The molecule has 0 radical (unpaired) electrons. The largest absolute Gasteiger partial charge is 0.444 e. The van der Waals surface area contributed by atoms with Crippen molar-refractivity contribution in [2.24, 2.45) is 0 Å². The number of furan rings is 1. The molecule has 8 heteroatoms. The van der Waals surface area contributed by atoms with Crippen molar-refractivity contribution in [3.8, 4) is 11.7 Å². The fourth-order valence-electron chi connectivity index (χ4n) is 1.61. The molecule has 2 aromatic heterocycles. The Balaban J connectivity index is 1.71. The zero-order valence-electron chi connectivity index (χ0n) is 10.5. The van der Waals surface area contributed by atoms with Gasteiger partial charge in [0.15, 0.2) is 10.4 Å². The number of anilines is 1. The first-order valence-corrected chi connectivity index (χ1v) is 7.65. The van der Waals surface area contributed by atoms with Crippen LogP contribution in [0.25, 0.3) is 11.7 Å². The summed E-state index contributed by atoms with van der Waals surface area (Å²) < 4.78 is 24.6. The second kappa shape index (κ2) is 5.90. The molecule has 1 aromatic carbocycles. The third-order valence-electron chi connectivity index (χ3n) is 2.58. The lowest BCUT2D eigenvalue weighted by atomic mass is 10.3. The summed E-state index contributed by atoms with van der Waals surface area (Å²) in [4.78, 5) is 0.635. The quantitative estimate of drug-likeness (QED) is 0.550. The molecule has 0 saturated heterocycles. The normalized spacial score (nSPS) is 11.0. The fraction of sp³-hybridized carbons (Fsp3) is 0.0769. The molecule has 0 bridgehead atoms. The van der Waals surface area contributed by atoms with E-state index in [-0.39, 0.29) is 5.82 Å². The lowest BCUT2D eigenvalue weighted by Crippen LogP contribution is -1.90. The van der Waals surface area contributed by atoms with Crippen LogP contribution in [0.5, 0.6) is 0 Å². The van der Waals surface area contributed by atoms with Gasteiger partial charge in [0.05, 0.1) is 5.75 Å². The van der Waals surface area contributed by atoms with Crippen molar-refractivity contribution in [3.05, 3.63) is 46.7 Å². The number of nitrogens with two attached hydrogens (primary N) is 1. The first-order chi connectivity index (χ1) is 10.1. The average molecular weight is 370 g/mol. The van der Waals surface area contributed by atoms with Crippen LogP contribution in [-0.4, -0.2) is 10.2 Å². The highest BCUT2D eigenvalue weighted by Gasteiger charge is 2.13.